The van der Waals surface area contributed by atoms with Crippen molar-refractivity contribution in [2.75, 3.05) is 27.2 Å². The topological polar surface area (TPSA) is 101 Å². The van der Waals surface area contributed by atoms with Gasteiger partial charge in [-0.1, -0.05) is 41.9 Å². The van der Waals surface area contributed by atoms with Gasteiger partial charge in [-0.15, -0.1) is 0 Å². The minimum Gasteiger partial charge on any atom is -0.449 e. The van der Waals surface area contributed by atoms with Gasteiger partial charge in [-0.25, -0.2) is 19.3 Å². The van der Waals surface area contributed by atoms with Crippen molar-refractivity contribution in [3.8, 4) is 34.0 Å². The number of urea groups is 1. The van der Waals surface area contributed by atoms with E-state index in [0.29, 0.717) is 46.2 Å². The third-order valence-electron chi connectivity index (χ3n) is 7.58. The number of nitrogens with zero attached hydrogens (tertiary/aromatic N) is 5. The second kappa shape index (κ2) is 12.2. The molecule has 0 saturated carbocycles. The van der Waals surface area contributed by atoms with E-state index in [9.17, 15) is 22.8 Å². The van der Waals surface area contributed by atoms with Gasteiger partial charge in [-0.2, -0.15) is 18.3 Å². The number of carbonyl (C=O) groups excluding carboxylic acids is 1. The second-order valence-corrected chi connectivity index (χ2v) is 11.2. The zero-order chi connectivity index (χ0) is 31.8. The van der Waals surface area contributed by atoms with E-state index in [2.05, 4.69) is 27.0 Å². The number of carbonyl (C=O) groups is 2. The Morgan fingerprint density at radius 3 is 2.41 bits per heavy atom. The number of aryl methyl sites for hydroxylation is 1. The summed E-state index contributed by atoms with van der Waals surface area (Å²) in [7, 11) is 3.50. The van der Waals surface area contributed by atoms with Crippen molar-refractivity contribution < 1.29 is 32.6 Å². The second-order valence-electron chi connectivity index (χ2n) is 10.7. The molecule has 0 unspecified atom stereocenters. The number of likely N-dealkylation sites (tertiary alicyclic amines) is 1. The number of halogens is 4. The lowest BCUT2D eigenvalue weighted by Gasteiger charge is -2.34. The Hall–Kier alpha value is -4.58. The zero-order valence-electron chi connectivity index (χ0n) is 24.1. The molecule has 1 N–H and O–H groups in total. The summed E-state index contributed by atoms with van der Waals surface area (Å²) >= 11 is 6.36. The highest BCUT2D eigenvalue weighted by Crippen LogP contribution is 2.39. The summed E-state index contributed by atoms with van der Waals surface area (Å²) in [5.41, 5.74) is 3.45. The van der Waals surface area contributed by atoms with Crippen molar-refractivity contribution in [3.63, 3.8) is 0 Å². The van der Waals surface area contributed by atoms with E-state index in [0.717, 1.165) is 29.5 Å². The maximum atomic E-state index is 13.9. The van der Waals surface area contributed by atoms with Gasteiger partial charge in [-0.3, -0.25) is 0 Å². The predicted octanol–water partition coefficient (Wildman–Crippen LogP) is 7.50. The van der Waals surface area contributed by atoms with E-state index in [1.165, 1.54) is 17.7 Å². The minimum atomic E-state index is -4.97. The van der Waals surface area contributed by atoms with Crippen LogP contribution in [0.3, 0.4) is 0 Å². The van der Waals surface area contributed by atoms with Crippen molar-refractivity contribution in [2.45, 2.75) is 31.9 Å². The first-order valence-electron chi connectivity index (χ1n) is 13.7. The number of alkyl halides is 3. The van der Waals surface area contributed by atoms with Crippen LogP contribution >= 0.6 is 11.6 Å². The Labute approximate surface area is 256 Å². The molecule has 13 heteroatoms. The molecule has 5 rings (SSSR count). The van der Waals surface area contributed by atoms with Gasteiger partial charge < -0.3 is 19.6 Å². The fraction of sp³-hybridized carbons (Fsp3) is 0.290. The average molecular weight is 628 g/mol. The number of ether oxygens (including phenoxy) is 1. The van der Waals surface area contributed by atoms with Crippen molar-refractivity contribution in [1.29, 1.82) is 0 Å². The Morgan fingerprint density at radius 1 is 1.05 bits per heavy atom. The number of piperidine rings is 1. The van der Waals surface area contributed by atoms with Gasteiger partial charge in [-0.05, 0) is 72.2 Å². The summed E-state index contributed by atoms with van der Waals surface area (Å²) in [5, 5.41) is 13.0. The SMILES string of the molecule is Cc1cc(-c2ccc(Cl)cc2-c2cccc(-n3ncc(OC(=O)O)c3C(F)(F)F)n2)ccc1C1CCN(C(=O)N(C)C)CC1. The molecule has 1 aliphatic rings. The highest BCUT2D eigenvalue weighted by atomic mass is 35.5. The van der Waals surface area contributed by atoms with E-state index >= 15 is 0 Å². The standard InChI is InChI=1S/C31H29ClF3N5O4/c1-18-15-20(7-9-22(18)19-11-13-39(14-12-19)29(41)38(2)3)23-10-8-21(32)16-24(23)25-5-4-6-27(37-25)40-28(31(33,34)35)26(17-36-40)44-30(42)43/h4-10,15-17,19H,11-14H2,1-3H3,(H,42,43). The van der Waals surface area contributed by atoms with Crippen molar-refractivity contribution >= 4 is 23.8 Å². The normalized spacial score (nSPS) is 14.0. The maximum absolute atomic E-state index is 13.9. The predicted molar refractivity (Wildman–Crippen MR) is 158 cm³/mol. The summed E-state index contributed by atoms with van der Waals surface area (Å²) in [4.78, 5) is 31.2. The highest BCUT2D eigenvalue weighted by molar-refractivity contribution is 6.31. The van der Waals surface area contributed by atoms with Gasteiger partial charge in [0.15, 0.2) is 17.3 Å². The van der Waals surface area contributed by atoms with Crippen LogP contribution in [0.1, 0.15) is 35.6 Å². The van der Waals surface area contributed by atoms with Gasteiger partial charge in [0.2, 0.25) is 0 Å². The van der Waals surface area contributed by atoms with Crippen LogP contribution in [0.15, 0.2) is 60.8 Å². The molecule has 1 aliphatic heterocycles. The number of hydrogen-bond acceptors (Lipinski definition) is 5. The summed E-state index contributed by atoms with van der Waals surface area (Å²) in [6.45, 7) is 3.41. The molecule has 9 nitrogen and oxygen atoms in total. The molecule has 4 aromatic rings. The maximum Gasteiger partial charge on any atom is 0.511 e. The van der Waals surface area contributed by atoms with Crippen LogP contribution in [-0.2, 0) is 6.18 Å². The molecule has 230 valence electrons. The van der Waals surface area contributed by atoms with Gasteiger partial charge in [0, 0.05) is 37.8 Å². The number of pyridine rings is 1. The molecule has 2 aromatic carbocycles. The number of rotatable bonds is 5. The Balaban J connectivity index is 1.48. The quantitative estimate of drug-likeness (QED) is 0.230. The molecule has 3 heterocycles. The monoisotopic (exact) mass is 627 g/mol. The number of amides is 2. The van der Waals surface area contributed by atoms with Crippen LogP contribution in [0.4, 0.5) is 22.8 Å². The molecule has 0 bridgehead atoms. The third-order valence-corrected chi connectivity index (χ3v) is 7.81. The molecule has 0 aliphatic carbocycles. The average Bonchev–Trinajstić information content (AvgIpc) is 3.40. The number of benzene rings is 2. The van der Waals surface area contributed by atoms with Gasteiger partial charge in [0.25, 0.3) is 0 Å². The lowest BCUT2D eigenvalue weighted by atomic mass is 9.85. The van der Waals surface area contributed by atoms with Crippen LogP contribution < -0.4 is 4.74 Å². The first-order valence-corrected chi connectivity index (χ1v) is 14.1. The highest BCUT2D eigenvalue weighted by Gasteiger charge is 2.41. The smallest absolute Gasteiger partial charge is 0.449 e. The van der Waals surface area contributed by atoms with Crippen LogP contribution in [-0.4, -0.2) is 69.0 Å². The summed E-state index contributed by atoms with van der Waals surface area (Å²) in [6.07, 6.45) is -4.47. The van der Waals surface area contributed by atoms with Gasteiger partial charge in [0.1, 0.15) is 0 Å². The number of carboxylic acid groups (broad SMARTS) is 1. The number of aromatic nitrogens is 3. The molecule has 0 spiro atoms. The summed E-state index contributed by atoms with van der Waals surface area (Å²) in [6, 6.07) is 15.9. The van der Waals surface area contributed by atoms with Crippen LogP contribution in [0.25, 0.3) is 28.2 Å². The molecular weight excluding hydrogens is 599 g/mol. The first-order chi connectivity index (χ1) is 20.8. The summed E-state index contributed by atoms with van der Waals surface area (Å²) in [5.74, 6) is -0.831. The fourth-order valence-corrected chi connectivity index (χ4v) is 5.75. The van der Waals surface area contributed by atoms with Gasteiger partial charge in [0.05, 0.1) is 11.9 Å². The van der Waals surface area contributed by atoms with E-state index in [1.54, 1.807) is 37.2 Å². The molecule has 2 aromatic heterocycles. The van der Waals surface area contributed by atoms with Crippen molar-refractivity contribution in [3.05, 3.63) is 82.6 Å². The fourth-order valence-electron chi connectivity index (χ4n) is 5.57. The third kappa shape index (κ3) is 6.35. The molecule has 1 fully saturated rings. The molecule has 1 saturated heterocycles. The zero-order valence-corrected chi connectivity index (χ0v) is 24.9. The summed E-state index contributed by atoms with van der Waals surface area (Å²) < 4.78 is 46.6. The Kier molecular flexibility index (Phi) is 8.55. The molecule has 2 amide bonds. The van der Waals surface area contributed by atoms with Crippen LogP contribution in [0.2, 0.25) is 5.02 Å². The lowest BCUT2D eigenvalue weighted by molar-refractivity contribution is -0.143. The molecule has 0 atom stereocenters. The molecule has 44 heavy (non-hydrogen) atoms. The number of hydrogen-bond donors (Lipinski definition) is 1. The Morgan fingerprint density at radius 2 is 1.77 bits per heavy atom. The van der Waals surface area contributed by atoms with Crippen molar-refractivity contribution in [2.24, 2.45) is 0 Å². The van der Waals surface area contributed by atoms with Gasteiger partial charge >= 0.3 is 18.4 Å². The minimum absolute atomic E-state index is 0.0136. The van der Waals surface area contributed by atoms with E-state index < -0.39 is 23.8 Å². The first kappa shape index (κ1) is 30.9. The van der Waals surface area contributed by atoms with E-state index in [4.69, 9.17) is 16.7 Å². The lowest BCUT2D eigenvalue weighted by Crippen LogP contribution is -2.43. The van der Waals surface area contributed by atoms with E-state index in [1.807, 2.05) is 24.0 Å². The van der Waals surface area contributed by atoms with Crippen LogP contribution in [0.5, 0.6) is 5.75 Å². The molecule has 0 radical (unpaired) electrons. The molecular formula is C31H29ClF3N5O4. The largest absolute Gasteiger partial charge is 0.511 e. The van der Waals surface area contributed by atoms with E-state index in [-0.39, 0.29) is 11.8 Å². The Bertz CT molecular complexity index is 1710. The van der Waals surface area contributed by atoms with Crippen LogP contribution in [0, 0.1) is 6.92 Å². The van der Waals surface area contributed by atoms with Crippen molar-refractivity contribution in [1.82, 2.24) is 24.6 Å².